The topological polar surface area (TPSA) is 3.24 Å². The van der Waals surface area contributed by atoms with Gasteiger partial charge in [0, 0.05) is 27.6 Å². The van der Waals surface area contributed by atoms with Crippen LogP contribution in [-0.2, 0) is 10.8 Å². The second-order valence-electron chi connectivity index (χ2n) is 17.1. The first-order valence-corrected chi connectivity index (χ1v) is 21.2. The van der Waals surface area contributed by atoms with Crippen molar-refractivity contribution in [1.82, 2.24) is 0 Å². The second-order valence-corrected chi connectivity index (χ2v) is 17.1. The SMILES string of the molecule is CC1(C)c2ccccc2-c2cccc(-c3ccccc3N(c3ccc4c(c3)C3(CCCCC3)c3ccccc3-4)c3ccccc3-c3ccc(-c4ccccc4)cc3)c21. The van der Waals surface area contributed by atoms with Gasteiger partial charge in [0.15, 0.2) is 0 Å². The van der Waals surface area contributed by atoms with Gasteiger partial charge in [0.05, 0.1) is 11.4 Å². The molecule has 1 nitrogen and oxygen atoms in total. The molecule has 8 aromatic carbocycles. The lowest BCUT2D eigenvalue weighted by molar-refractivity contribution is 0.353. The fraction of sp³-hybridized carbons (Fsp3) is 0.158. The molecule has 0 aromatic heterocycles. The smallest absolute Gasteiger partial charge is 0.0540 e. The van der Waals surface area contributed by atoms with Crippen LogP contribution in [0.2, 0.25) is 0 Å². The summed E-state index contributed by atoms with van der Waals surface area (Å²) in [5.41, 5.74) is 22.2. The number of benzene rings is 8. The monoisotopic (exact) mass is 745 g/mol. The Bertz CT molecular complexity index is 2840. The van der Waals surface area contributed by atoms with Crippen LogP contribution < -0.4 is 4.90 Å². The maximum atomic E-state index is 2.57. The van der Waals surface area contributed by atoms with E-state index in [2.05, 4.69) is 207 Å². The molecule has 0 heterocycles. The van der Waals surface area contributed by atoms with Gasteiger partial charge in [-0.3, -0.25) is 0 Å². The summed E-state index contributed by atoms with van der Waals surface area (Å²) in [6.07, 6.45) is 6.25. The van der Waals surface area contributed by atoms with Gasteiger partial charge in [-0.2, -0.15) is 0 Å². The molecule has 1 saturated carbocycles. The molecule has 3 aliphatic rings. The van der Waals surface area contributed by atoms with Crippen molar-refractivity contribution in [2.75, 3.05) is 4.90 Å². The Hall–Kier alpha value is -6.44. The number of fused-ring (bicyclic) bond motifs is 8. The third-order valence-corrected chi connectivity index (χ3v) is 13.7. The van der Waals surface area contributed by atoms with Crippen molar-refractivity contribution in [3.05, 3.63) is 210 Å². The number of hydrogen-bond acceptors (Lipinski definition) is 1. The molecule has 0 bridgehead atoms. The average Bonchev–Trinajstić information content (AvgIpc) is 3.69. The van der Waals surface area contributed by atoms with Gasteiger partial charge in [-0.1, -0.05) is 197 Å². The summed E-state index contributed by atoms with van der Waals surface area (Å²) in [7, 11) is 0. The van der Waals surface area contributed by atoms with E-state index >= 15 is 0 Å². The minimum Gasteiger partial charge on any atom is -0.309 e. The number of hydrogen-bond donors (Lipinski definition) is 0. The number of rotatable bonds is 6. The zero-order valence-corrected chi connectivity index (χ0v) is 33.4. The Kier molecular flexibility index (Phi) is 8.15. The molecule has 0 unspecified atom stereocenters. The molecule has 0 N–H and O–H groups in total. The molecule has 58 heavy (non-hydrogen) atoms. The minimum absolute atomic E-state index is 0.0498. The molecule has 280 valence electrons. The molecular weight excluding hydrogens is 699 g/mol. The summed E-state index contributed by atoms with van der Waals surface area (Å²) < 4.78 is 0. The van der Waals surface area contributed by atoms with E-state index in [0.29, 0.717) is 0 Å². The first-order valence-electron chi connectivity index (χ1n) is 21.2. The van der Waals surface area contributed by atoms with Crippen LogP contribution >= 0.6 is 0 Å². The molecule has 3 aliphatic carbocycles. The lowest BCUT2D eigenvalue weighted by Gasteiger charge is -2.37. The standard InChI is InChI=1S/C57H47N/c1-56(2)50-26-11-7-22-45(50)48-24-17-25-49(55(48)56)47-23-10-14-29-54(47)58(53-28-13-9-20-43(53)41-32-30-40(31-33-41)39-18-5-3-6-19-39)42-34-35-46-44-21-8-12-27-51(44)57(52(46)38-42)36-15-4-16-37-57/h3,5-14,17-35,38H,4,15-16,36-37H2,1-2H3. The van der Waals surface area contributed by atoms with Gasteiger partial charge in [-0.25, -0.2) is 0 Å². The fourth-order valence-corrected chi connectivity index (χ4v) is 11.0. The van der Waals surface area contributed by atoms with Crippen LogP contribution in [0.15, 0.2) is 188 Å². The van der Waals surface area contributed by atoms with Crippen molar-refractivity contribution in [1.29, 1.82) is 0 Å². The Morgan fingerprint density at radius 2 is 0.862 bits per heavy atom. The molecule has 1 spiro atoms. The molecule has 0 saturated heterocycles. The summed E-state index contributed by atoms with van der Waals surface area (Å²) in [6, 6.07) is 70.5. The number of nitrogens with zero attached hydrogens (tertiary/aromatic N) is 1. The van der Waals surface area contributed by atoms with E-state index in [1.807, 2.05) is 0 Å². The van der Waals surface area contributed by atoms with Gasteiger partial charge in [0.1, 0.15) is 0 Å². The predicted octanol–water partition coefficient (Wildman–Crippen LogP) is 15.7. The quantitative estimate of drug-likeness (QED) is 0.164. The van der Waals surface area contributed by atoms with Crippen LogP contribution in [0.25, 0.3) is 55.6 Å². The van der Waals surface area contributed by atoms with Crippen LogP contribution in [0.3, 0.4) is 0 Å². The van der Waals surface area contributed by atoms with Crippen molar-refractivity contribution >= 4 is 17.1 Å². The first kappa shape index (κ1) is 34.8. The summed E-state index contributed by atoms with van der Waals surface area (Å²) >= 11 is 0. The average molecular weight is 746 g/mol. The molecule has 1 fully saturated rings. The molecule has 1 heteroatoms. The molecule has 0 atom stereocenters. The Balaban J connectivity index is 1.14. The van der Waals surface area contributed by atoms with Crippen LogP contribution in [0, 0.1) is 0 Å². The summed E-state index contributed by atoms with van der Waals surface area (Å²) in [5.74, 6) is 0. The van der Waals surface area contributed by atoms with Crippen LogP contribution in [0.1, 0.15) is 68.2 Å². The van der Waals surface area contributed by atoms with Gasteiger partial charge >= 0.3 is 0 Å². The van der Waals surface area contributed by atoms with E-state index < -0.39 is 0 Å². The normalized spacial score (nSPS) is 15.3. The van der Waals surface area contributed by atoms with Crippen LogP contribution in [0.4, 0.5) is 17.1 Å². The molecule has 11 rings (SSSR count). The van der Waals surface area contributed by atoms with Crippen molar-refractivity contribution in [2.45, 2.75) is 56.8 Å². The predicted molar refractivity (Wildman–Crippen MR) is 244 cm³/mol. The van der Waals surface area contributed by atoms with E-state index in [4.69, 9.17) is 0 Å². The van der Waals surface area contributed by atoms with Gasteiger partial charge in [-0.05, 0) is 104 Å². The second kappa shape index (κ2) is 13.6. The summed E-state index contributed by atoms with van der Waals surface area (Å²) in [6.45, 7) is 4.80. The van der Waals surface area contributed by atoms with E-state index in [9.17, 15) is 0 Å². The molecule has 0 aliphatic heterocycles. The Morgan fingerprint density at radius 3 is 1.59 bits per heavy atom. The third kappa shape index (κ3) is 5.30. The molecule has 0 amide bonds. The Labute approximate surface area is 343 Å². The maximum absolute atomic E-state index is 2.57. The van der Waals surface area contributed by atoms with Gasteiger partial charge < -0.3 is 4.90 Å². The molecule has 8 aromatic rings. The summed E-state index contributed by atoms with van der Waals surface area (Å²) in [5, 5.41) is 0. The van der Waals surface area contributed by atoms with E-state index in [1.54, 1.807) is 0 Å². The van der Waals surface area contributed by atoms with E-state index in [0.717, 1.165) is 0 Å². The highest BCUT2D eigenvalue weighted by Crippen LogP contribution is 2.58. The van der Waals surface area contributed by atoms with Gasteiger partial charge in [-0.15, -0.1) is 0 Å². The number of anilines is 3. The highest BCUT2D eigenvalue weighted by Gasteiger charge is 2.44. The largest absolute Gasteiger partial charge is 0.309 e. The van der Waals surface area contributed by atoms with Gasteiger partial charge in [0.2, 0.25) is 0 Å². The van der Waals surface area contributed by atoms with E-state index in [-0.39, 0.29) is 10.8 Å². The van der Waals surface area contributed by atoms with Crippen molar-refractivity contribution < 1.29 is 0 Å². The lowest BCUT2D eigenvalue weighted by atomic mass is 9.68. The van der Waals surface area contributed by atoms with Crippen molar-refractivity contribution in [2.24, 2.45) is 0 Å². The van der Waals surface area contributed by atoms with E-state index in [1.165, 1.54) is 127 Å². The fourth-order valence-electron chi connectivity index (χ4n) is 11.0. The Morgan fingerprint density at radius 1 is 0.362 bits per heavy atom. The van der Waals surface area contributed by atoms with Crippen LogP contribution in [-0.4, -0.2) is 0 Å². The van der Waals surface area contributed by atoms with Crippen LogP contribution in [0.5, 0.6) is 0 Å². The number of para-hydroxylation sites is 2. The third-order valence-electron chi connectivity index (χ3n) is 13.7. The molecule has 0 radical (unpaired) electrons. The lowest BCUT2D eigenvalue weighted by Crippen LogP contribution is -2.28. The molecular formula is C57H47N. The first-order chi connectivity index (χ1) is 28.5. The summed E-state index contributed by atoms with van der Waals surface area (Å²) in [4.78, 5) is 2.57. The van der Waals surface area contributed by atoms with Crippen molar-refractivity contribution in [3.8, 4) is 55.6 Å². The maximum Gasteiger partial charge on any atom is 0.0540 e. The highest BCUT2D eigenvalue weighted by molar-refractivity contribution is 5.98. The minimum atomic E-state index is -0.147. The van der Waals surface area contributed by atoms with Crippen molar-refractivity contribution in [3.63, 3.8) is 0 Å². The zero-order valence-electron chi connectivity index (χ0n) is 33.4. The zero-order chi connectivity index (χ0) is 38.8. The highest BCUT2D eigenvalue weighted by atomic mass is 15.1. The van der Waals surface area contributed by atoms with Gasteiger partial charge in [0.25, 0.3) is 0 Å².